The summed E-state index contributed by atoms with van der Waals surface area (Å²) in [4.78, 5) is 12.5. The number of aryl methyl sites for hydroxylation is 2. The van der Waals surface area contributed by atoms with Crippen molar-refractivity contribution in [2.75, 3.05) is 0 Å². The molecule has 3 heteroatoms. The van der Waals surface area contributed by atoms with Crippen LogP contribution < -0.4 is 0 Å². The van der Waals surface area contributed by atoms with E-state index in [0.717, 1.165) is 42.6 Å². The summed E-state index contributed by atoms with van der Waals surface area (Å²) in [6, 6.07) is 2.00. The highest BCUT2D eigenvalue weighted by Gasteiger charge is 2.40. The molecule has 0 saturated heterocycles. The molecule has 0 radical (unpaired) electrons. The Balaban J connectivity index is 1.71. The Kier molecular flexibility index (Phi) is 3.46. The molecule has 2 saturated carbocycles. The van der Waals surface area contributed by atoms with Crippen molar-refractivity contribution in [3.63, 3.8) is 0 Å². The first-order valence-electron chi connectivity index (χ1n) is 7.81. The molecule has 104 valence electrons. The SMILES string of the molecule is CCc1cc(C(=O)CC2CC3CCC2C3)n(CC)n1. The number of carbonyl (C=O) groups is 1. The third-order valence-electron chi connectivity index (χ3n) is 5.11. The first-order chi connectivity index (χ1) is 9.21. The number of rotatable bonds is 5. The predicted octanol–water partition coefficient (Wildman–Crippen LogP) is 3.47. The van der Waals surface area contributed by atoms with E-state index in [1.165, 1.54) is 25.7 Å². The molecular formula is C16H24N2O. The van der Waals surface area contributed by atoms with Gasteiger partial charge in [-0.1, -0.05) is 13.3 Å². The number of carbonyl (C=O) groups excluding carboxylic acids is 1. The number of nitrogens with zero attached hydrogens (tertiary/aromatic N) is 2. The molecule has 0 aliphatic heterocycles. The van der Waals surface area contributed by atoms with Gasteiger partial charge in [0.05, 0.1) is 5.69 Å². The number of hydrogen-bond donors (Lipinski definition) is 0. The fourth-order valence-electron chi connectivity index (χ4n) is 4.08. The maximum atomic E-state index is 12.5. The van der Waals surface area contributed by atoms with E-state index in [1.807, 2.05) is 10.7 Å². The van der Waals surface area contributed by atoms with Gasteiger partial charge in [0.2, 0.25) is 0 Å². The molecule has 2 bridgehead atoms. The summed E-state index contributed by atoms with van der Waals surface area (Å²) < 4.78 is 1.88. The molecule has 19 heavy (non-hydrogen) atoms. The lowest BCUT2D eigenvalue weighted by Gasteiger charge is -2.20. The van der Waals surface area contributed by atoms with Gasteiger partial charge in [-0.05, 0) is 56.4 Å². The molecule has 3 nitrogen and oxygen atoms in total. The van der Waals surface area contributed by atoms with Crippen molar-refractivity contribution >= 4 is 5.78 Å². The predicted molar refractivity (Wildman–Crippen MR) is 75.2 cm³/mol. The van der Waals surface area contributed by atoms with Gasteiger partial charge in [0.1, 0.15) is 5.69 Å². The number of aromatic nitrogens is 2. The van der Waals surface area contributed by atoms with Gasteiger partial charge in [-0.2, -0.15) is 5.10 Å². The minimum absolute atomic E-state index is 0.312. The lowest BCUT2D eigenvalue weighted by molar-refractivity contribution is 0.0933. The van der Waals surface area contributed by atoms with Crippen molar-refractivity contribution < 1.29 is 4.79 Å². The third-order valence-corrected chi connectivity index (χ3v) is 5.11. The number of hydrogen-bond acceptors (Lipinski definition) is 2. The second-order valence-corrected chi connectivity index (χ2v) is 6.25. The number of ketones is 1. The Morgan fingerprint density at radius 1 is 1.37 bits per heavy atom. The van der Waals surface area contributed by atoms with Crippen LogP contribution in [0.5, 0.6) is 0 Å². The highest BCUT2D eigenvalue weighted by atomic mass is 16.1. The second kappa shape index (κ2) is 5.10. The molecule has 1 heterocycles. The van der Waals surface area contributed by atoms with Crippen molar-refractivity contribution in [3.8, 4) is 0 Å². The van der Waals surface area contributed by atoms with E-state index in [4.69, 9.17) is 0 Å². The van der Waals surface area contributed by atoms with Crippen molar-refractivity contribution in [2.45, 2.75) is 58.9 Å². The molecule has 1 aromatic heterocycles. The zero-order valence-corrected chi connectivity index (χ0v) is 12.1. The van der Waals surface area contributed by atoms with Gasteiger partial charge in [-0.25, -0.2) is 0 Å². The van der Waals surface area contributed by atoms with E-state index >= 15 is 0 Å². The van der Waals surface area contributed by atoms with Crippen molar-refractivity contribution in [3.05, 3.63) is 17.5 Å². The standard InChI is InChI=1S/C16H24N2O/c1-3-14-10-15(18(4-2)17-14)16(19)9-13-8-11-5-6-12(13)7-11/h10-13H,3-9H2,1-2H3. The fourth-order valence-corrected chi connectivity index (χ4v) is 4.08. The average molecular weight is 260 g/mol. The van der Waals surface area contributed by atoms with Crippen LogP contribution in [0, 0.1) is 17.8 Å². The molecule has 0 N–H and O–H groups in total. The van der Waals surface area contributed by atoms with Gasteiger partial charge in [0, 0.05) is 13.0 Å². The molecule has 3 unspecified atom stereocenters. The van der Waals surface area contributed by atoms with Gasteiger partial charge in [0.25, 0.3) is 0 Å². The first-order valence-corrected chi connectivity index (χ1v) is 7.81. The van der Waals surface area contributed by atoms with E-state index < -0.39 is 0 Å². The van der Waals surface area contributed by atoms with E-state index in [0.29, 0.717) is 11.7 Å². The Morgan fingerprint density at radius 3 is 2.79 bits per heavy atom. The lowest BCUT2D eigenvalue weighted by Crippen LogP contribution is -2.17. The smallest absolute Gasteiger partial charge is 0.181 e. The topological polar surface area (TPSA) is 34.9 Å². The molecular weight excluding hydrogens is 236 g/mol. The van der Waals surface area contributed by atoms with Crippen LogP contribution in [0.4, 0.5) is 0 Å². The van der Waals surface area contributed by atoms with Crippen molar-refractivity contribution in [1.29, 1.82) is 0 Å². The van der Waals surface area contributed by atoms with Crippen molar-refractivity contribution in [1.82, 2.24) is 9.78 Å². The molecule has 0 spiro atoms. The van der Waals surface area contributed by atoms with Crippen LogP contribution in [-0.2, 0) is 13.0 Å². The van der Waals surface area contributed by atoms with Gasteiger partial charge >= 0.3 is 0 Å². The summed E-state index contributed by atoms with van der Waals surface area (Å²) in [7, 11) is 0. The Morgan fingerprint density at radius 2 is 2.21 bits per heavy atom. The van der Waals surface area contributed by atoms with Crippen LogP contribution in [0.25, 0.3) is 0 Å². The molecule has 3 atom stereocenters. The van der Waals surface area contributed by atoms with Crippen LogP contribution in [-0.4, -0.2) is 15.6 Å². The Bertz CT molecular complexity index is 477. The maximum Gasteiger partial charge on any atom is 0.181 e. The number of fused-ring (bicyclic) bond motifs is 2. The van der Waals surface area contributed by atoms with Crippen LogP contribution >= 0.6 is 0 Å². The summed E-state index contributed by atoms with van der Waals surface area (Å²) in [5.74, 6) is 2.71. The van der Waals surface area contributed by atoms with E-state index in [1.54, 1.807) is 0 Å². The largest absolute Gasteiger partial charge is 0.292 e. The van der Waals surface area contributed by atoms with E-state index in [2.05, 4.69) is 18.9 Å². The molecule has 2 aliphatic rings. The Hall–Kier alpha value is -1.12. The third kappa shape index (κ3) is 2.35. The molecule has 2 aliphatic carbocycles. The van der Waals surface area contributed by atoms with E-state index in [9.17, 15) is 4.79 Å². The van der Waals surface area contributed by atoms with Crippen LogP contribution in [0.15, 0.2) is 6.07 Å². The monoisotopic (exact) mass is 260 g/mol. The van der Waals surface area contributed by atoms with Crippen molar-refractivity contribution in [2.24, 2.45) is 17.8 Å². The lowest BCUT2D eigenvalue weighted by atomic mass is 9.85. The highest BCUT2D eigenvalue weighted by Crippen LogP contribution is 2.49. The molecule has 0 aromatic carbocycles. The zero-order valence-electron chi connectivity index (χ0n) is 12.1. The summed E-state index contributed by atoms with van der Waals surface area (Å²) in [5, 5.41) is 4.49. The van der Waals surface area contributed by atoms with Crippen LogP contribution in [0.2, 0.25) is 0 Å². The number of Topliss-reactive ketones (excluding diaryl/α,β-unsaturated/α-hetero) is 1. The summed E-state index contributed by atoms with van der Waals surface area (Å²) in [5.41, 5.74) is 1.88. The molecule has 3 rings (SSSR count). The molecule has 0 amide bonds. The van der Waals surface area contributed by atoms with Gasteiger partial charge < -0.3 is 0 Å². The fraction of sp³-hybridized carbons (Fsp3) is 0.750. The first kappa shape index (κ1) is 12.9. The Labute approximate surface area is 115 Å². The van der Waals surface area contributed by atoms with Gasteiger partial charge in [-0.15, -0.1) is 0 Å². The quantitative estimate of drug-likeness (QED) is 0.760. The van der Waals surface area contributed by atoms with E-state index in [-0.39, 0.29) is 0 Å². The second-order valence-electron chi connectivity index (χ2n) is 6.25. The minimum Gasteiger partial charge on any atom is -0.292 e. The normalized spacial score (nSPS) is 29.1. The van der Waals surface area contributed by atoms with Gasteiger partial charge in [0.15, 0.2) is 5.78 Å². The van der Waals surface area contributed by atoms with Crippen LogP contribution in [0.1, 0.15) is 62.1 Å². The highest BCUT2D eigenvalue weighted by molar-refractivity contribution is 5.94. The van der Waals surface area contributed by atoms with Crippen LogP contribution in [0.3, 0.4) is 0 Å². The molecule has 1 aromatic rings. The summed E-state index contributed by atoms with van der Waals surface area (Å²) in [6.45, 7) is 4.94. The summed E-state index contributed by atoms with van der Waals surface area (Å²) in [6.07, 6.45) is 7.08. The maximum absolute atomic E-state index is 12.5. The summed E-state index contributed by atoms with van der Waals surface area (Å²) >= 11 is 0. The molecule has 2 fully saturated rings. The zero-order chi connectivity index (χ0) is 13.4. The average Bonchev–Trinajstić information content (AvgIpc) is 3.12. The van der Waals surface area contributed by atoms with Gasteiger partial charge in [-0.3, -0.25) is 9.48 Å². The minimum atomic E-state index is 0.312.